The lowest BCUT2D eigenvalue weighted by Gasteiger charge is -2.16. The molecule has 17 heavy (non-hydrogen) atoms. The van der Waals surface area contributed by atoms with Crippen LogP contribution in [-0.4, -0.2) is 14.9 Å². The molecule has 0 aliphatic carbocycles. The molecule has 0 aromatic carbocycles. The maximum absolute atomic E-state index is 10.4. The van der Waals surface area contributed by atoms with E-state index >= 15 is 0 Å². The first-order valence-electron chi connectivity index (χ1n) is 5.47. The van der Waals surface area contributed by atoms with Crippen LogP contribution in [0.2, 0.25) is 5.02 Å². The Labute approximate surface area is 110 Å². The number of hydrogen-bond acceptors (Lipinski definition) is 3. The van der Waals surface area contributed by atoms with Crippen LogP contribution in [0.5, 0.6) is 0 Å². The predicted octanol–water partition coefficient (Wildman–Crippen LogP) is 3.57. The summed E-state index contributed by atoms with van der Waals surface area (Å²) in [5, 5.41) is 17.1. The van der Waals surface area contributed by atoms with Gasteiger partial charge in [-0.25, -0.2) is 0 Å². The molecule has 2 aromatic heterocycles. The minimum absolute atomic E-state index is 0.174. The fourth-order valence-corrected chi connectivity index (χ4v) is 2.95. The minimum Gasteiger partial charge on any atom is -0.381 e. The minimum atomic E-state index is -0.701. The van der Waals surface area contributed by atoms with Crippen LogP contribution in [0.1, 0.15) is 42.1 Å². The number of aliphatic hydroxyl groups excluding tert-OH is 1. The van der Waals surface area contributed by atoms with Gasteiger partial charge in [0.25, 0.3) is 0 Å². The summed E-state index contributed by atoms with van der Waals surface area (Å²) in [5.41, 5.74) is 1.75. The lowest BCUT2D eigenvalue weighted by atomic mass is 10.1. The molecule has 1 unspecified atom stereocenters. The highest BCUT2D eigenvalue weighted by Crippen LogP contribution is 2.34. The quantitative estimate of drug-likeness (QED) is 0.926. The van der Waals surface area contributed by atoms with E-state index in [-0.39, 0.29) is 6.04 Å². The van der Waals surface area contributed by atoms with Crippen molar-refractivity contribution in [3.05, 3.63) is 38.8 Å². The summed E-state index contributed by atoms with van der Waals surface area (Å²) >= 11 is 7.65. The smallest absolute Gasteiger partial charge is 0.132 e. The highest BCUT2D eigenvalue weighted by Gasteiger charge is 2.23. The molecule has 0 aliphatic heterocycles. The van der Waals surface area contributed by atoms with E-state index in [4.69, 9.17) is 11.6 Å². The van der Waals surface area contributed by atoms with Crippen molar-refractivity contribution < 1.29 is 5.11 Å². The fraction of sp³-hybridized carbons (Fsp3) is 0.417. The van der Waals surface area contributed by atoms with E-state index in [1.807, 2.05) is 32.2 Å². The van der Waals surface area contributed by atoms with Crippen molar-refractivity contribution in [2.45, 2.75) is 32.9 Å². The van der Waals surface area contributed by atoms with Crippen molar-refractivity contribution in [3.8, 4) is 0 Å². The third-order valence-corrected chi connectivity index (χ3v) is 4.05. The number of halogens is 1. The zero-order chi connectivity index (χ0) is 12.6. The summed E-state index contributed by atoms with van der Waals surface area (Å²) in [4.78, 5) is 0.925. The van der Waals surface area contributed by atoms with E-state index in [0.29, 0.717) is 10.7 Å². The van der Waals surface area contributed by atoms with Gasteiger partial charge in [-0.05, 0) is 37.8 Å². The molecule has 3 nitrogen and oxygen atoms in total. The van der Waals surface area contributed by atoms with Crippen LogP contribution in [0.25, 0.3) is 0 Å². The van der Waals surface area contributed by atoms with Gasteiger partial charge < -0.3 is 5.11 Å². The lowest BCUT2D eigenvalue weighted by Crippen LogP contribution is -2.12. The summed E-state index contributed by atoms with van der Waals surface area (Å²) in [5.74, 6) is 0. The SMILES string of the molecule is Cc1ccsc1C(O)c1c(Cl)cnn1C(C)C. The van der Waals surface area contributed by atoms with Crippen molar-refractivity contribution >= 4 is 22.9 Å². The number of aryl methyl sites for hydroxylation is 1. The summed E-state index contributed by atoms with van der Waals surface area (Å²) in [6.07, 6.45) is 0.885. The molecular weight excluding hydrogens is 256 g/mol. The molecule has 1 N–H and O–H groups in total. The normalized spacial score (nSPS) is 13.3. The van der Waals surface area contributed by atoms with Gasteiger partial charge in [0.15, 0.2) is 0 Å². The maximum atomic E-state index is 10.4. The molecule has 0 radical (unpaired) electrons. The summed E-state index contributed by atoms with van der Waals surface area (Å²) in [6, 6.07) is 2.17. The Morgan fingerprint density at radius 2 is 2.18 bits per heavy atom. The average molecular weight is 271 g/mol. The Balaban J connectivity index is 2.47. The van der Waals surface area contributed by atoms with E-state index in [2.05, 4.69) is 5.10 Å². The van der Waals surface area contributed by atoms with Crippen molar-refractivity contribution in [1.82, 2.24) is 9.78 Å². The lowest BCUT2D eigenvalue weighted by molar-refractivity contribution is 0.208. The van der Waals surface area contributed by atoms with Crippen LogP contribution in [0.3, 0.4) is 0 Å². The van der Waals surface area contributed by atoms with Gasteiger partial charge in [0, 0.05) is 10.9 Å². The second kappa shape index (κ2) is 4.80. The number of aliphatic hydroxyl groups is 1. The van der Waals surface area contributed by atoms with E-state index in [1.165, 1.54) is 11.3 Å². The topological polar surface area (TPSA) is 38.1 Å². The molecule has 2 rings (SSSR count). The van der Waals surface area contributed by atoms with Gasteiger partial charge in [-0.15, -0.1) is 11.3 Å². The van der Waals surface area contributed by atoms with Gasteiger partial charge >= 0.3 is 0 Å². The first-order valence-corrected chi connectivity index (χ1v) is 6.73. The molecule has 0 amide bonds. The number of hydrogen-bond donors (Lipinski definition) is 1. The van der Waals surface area contributed by atoms with Gasteiger partial charge in [-0.3, -0.25) is 4.68 Å². The van der Waals surface area contributed by atoms with Crippen LogP contribution in [-0.2, 0) is 0 Å². The second-order valence-electron chi connectivity index (χ2n) is 4.29. The number of thiophene rings is 1. The molecule has 0 spiro atoms. The Morgan fingerprint density at radius 1 is 1.47 bits per heavy atom. The molecule has 0 saturated heterocycles. The van der Waals surface area contributed by atoms with Crippen LogP contribution >= 0.6 is 22.9 Å². The molecule has 2 heterocycles. The number of rotatable bonds is 3. The van der Waals surface area contributed by atoms with E-state index in [9.17, 15) is 5.11 Å². The molecule has 0 aliphatic rings. The van der Waals surface area contributed by atoms with Crippen LogP contribution in [0, 0.1) is 6.92 Å². The highest BCUT2D eigenvalue weighted by molar-refractivity contribution is 7.10. The molecule has 0 bridgehead atoms. The molecule has 1 atom stereocenters. The van der Waals surface area contributed by atoms with E-state index in [0.717, 1.165) is 10.4 Å². The third-order valence-electron chi connectivity index (χ3n) is 2.69. The molecule has 0 fully saturated rings. The molecule has 92 valence electrons. The number of nitrogens with zero attached hydrogens (tertiary/aromatic N) is 2. The molecule has 0 saturated carbocycles. The van der Waals surface area contributed by atoms with Crippen molar-refractivity contribution in [3.63, 3.8) is 0 Å². The zero-order valence-corrected chi connectivity index (χ0v) is 11.6. The summed E-state index contributed by atoms with van der Waals surface area (Å²) < 4.78 is 1.77. The monoisotopic (exact) mass is 270 g/mol. The zero-order valence-electron chi connectivity index (χ0n) is 10.0. The first kappa shape index (κ1) is 12.6. The van der Waals surface area contributed by atoms with E-state index in [1.54, 1.807) is 10.9 Å². The Kier molecular flexibility index (Phi) is 3.56. The maximum Gasteiger partial charge on any atom is 0.132 e. The van der Waals surface area contributed by atoms with Crippen LogP contribution < -0.4 is 0 Å². The van der Waals surface area contributed by atoms with Crippen molar-refractivity contribution in [2.24, 2.45) is 0 Å². The van der Waals surface area contributed by atoms with Crippen LogP contribution in [0.15, 0.2) is 17.6 Å². The van der Waals surface area contributed by atoms with Gasteiger partial charge in [0.2, 0.25) is 0 Å². The third kappa shape index (κ3) is 2.25. The molecule has 5 heteroatoms. The summed E-state index contributed by atoms with van der Waals surface area (Å²) in [7, 11) is 0. The molecular formula is C12H15ClN2OS. The van der Waals surface area contributed by atoms with Gasteiger partial charge in [0.05, 0.1) is 16.9 Å². The van der Waals surface area contributed by atoms with Gasteiger partial charge in [-0.1, -0.05) is 11.6 Å². The highest BCUT2D eigenvalue weighted by atomic mass is 35.5. The summed E-state index contributed by atoms with van der Waals surface area (Å²) in [6.45, 7) is 6.01. The van der Waals surface area contributed by atoms with Crippen LogP contribution in [0.4, 0.5) is 0 Å². The Bertz CT molecular complexity index is 518. The average Bonchev–Trinajstić information content (AvgIpc) is 2.83. The Morgan fingerprint density at radius 3 is 2.71 bits per heavy atom. The van der Waals surface area contributed by atoms with Crippen molar-refractivity contribution in [2.75, 3.05) is 0 Å². The van der Waals surface area contributed by atoms with E-state index < -0.39 is 6.10 Å². The fourth-order valence-electron chi connectivity index (χ4n) is 1.81. The first-order chi connectivity index (χ1) is 8.02. The number of aromatic nitrogens is 2. The van der Waals surface area contributed by atoms with Crippen molar-refractivity contribution in [1.29, 1.82) is 0 Å². The largest absolute Gasteiger partial charge is 0.381 e. The standard InChI is InChI=1S/C12H15ClN2OS/c1-7(2)15-10(9(13)6-14-15)11(16)12-8(3)4-5-17-12/h4-7,11,16H,1-3H3. The Hall–Kier alpha value is -0.840. The van der Waals surface area contributed by atoms with Gasteiger partial charge in [-0.2, -0.15) is 5.10 Å². The van der Waals surface area contributed by atoms with Gasteiger partial charge in [0.1, 0.15) is 6.10 Å². The molecule has 2 aromatic rings. The predicted molar refractivity (Wildman–Crippen MR) is 70.7 cm³/mol. The second-order valence-corrected chi connectivity index (χ2v) is 5.64.